The van der Waals surface area contributed by atoms with Crippen molar-refractivity contribution in [1.82, 2.24) is 5.32 Å². The van der Waals surface area contributed by atoms with Crippen molar-refractivity contribution in [2.75, 3.05) is 18.1 Å². The minimum atomic E-state index is -2.95. The van der Waals surface area contributed by atoms with Crippen molar-refractivity contribution in [1.29, 1.82) is 0 Å². The minimum Gasteiger partial charge on any atom is -0.481 e. The zero-order chi connectivity index (χ0) is 59.3. The van der Waals surface area contributed by atoms with E-state index in [2.05, 4.69) is 26.1 Å². The van der Waals surface area contributed by atoms with Gasteiger partial charge in [-0.2, -0.15) is 0 Å². The monoisotopic (exact) mass is 1210 g/mol. The lowest BCUT2D eigenvalue weighted by atomic mass is 9.44. The number of unbranched alkanes of at least 4 members (excludes halogenated alkanes) is 2. The number of ketones is 1. The minimum absolute atomic E-state index is 0.0217. The Morgan fingerprint density at radius 2 is 1.46 bits per heavy atom. The second kappa shape index (κ2) is 26.9. The van der Waals surface area contributed by atoms with Crippen LogP contribution in [0.4, 0.5) is 0 Å². The largest absolute Gasteiger partial charge is 0.481 e. The average Bonchev–Trinajstić information content (AvgIpc) is 3.42. The first-order valence-electron chi connectivity index (χ1n) is 28.8. The maximum atomic E-state index is 15.6. The summed E-state index contributed by atoms with van der Waals surface area (Å²) in [5.74, 6) is -3.37. The van der Waals surface area contributed by atoms with Crippen molar-refractivity contribution in [3.8, 4) is 0 Å². The number of hydrogen-bond acceptors (Lipinski definition) is 17. The Morgan fingerprint density at radius 3 is 1.98 bits per heavy atom. The van der Waals surface area contributed by atoms with E-state index in [1.54, 1.807) is 81.4 Å². The molecule has 15 nitrogen and oxygen atoms in total. The van der Waals surface area contributed by atoms with Crippen LogP contribution in [-0.2, 0) is 47.3 Å². The number of esters is 3. The molecule has 4 N–H and O–H groups in total. The Kier molecular flexibility index (Phi) is 21.7. The molecule has 3 saturated heterocycles. The summed E-state index contributed by atoms with van der Waals surface area (Å²) in [7, 11) is 4.70. The van der Waals surface area contributed by atoms with Crippen LogP contribution in [0.1, 0.15) is 161 Å². The van der Waals surface area contributed by atoms with Gasteiger partial charge in [-0.15, -0.1) is 0 Å². The Balaban J connectivity index is 0.000000699. The Bertz CT molecular complexity index is 2590. The first-order valence-corrected chi connectivity index (χ1v) is 36.5. The SMILES string of the molecule is CC(=O)O[C@@]12COC1C[C@H](O)[C@@]1(C)C(=O)[C@H](C)C3=C(C)[C@@H](OC(=O)[C@H](OC(=O)CCCCC4CCSS4)[C@@H](NC(=O)c4ccccc4)c4ccccc4)C[C@@](O)([C@@H](O[Si](C)(C)C(C)(C)C)[C@@H]12)C3(C)C.O=C(O)CCCCC1CCSS1. The summed E-state index contributed by atoms with van der Waals surface area (Å²) in [4.78, 5) is 82.2. The van der Waals surface area contributed by atoms with E-state index in [0.717, 1.165) is 43.1 Å². The van der Waals surface area contributed by atoms with Crippen molar-refractivity contribution >= 4 is 87.1 Å². The highest BCUT2D eigenvalue weighted by Crippen LogP contribution is 2.66. The van der Waals surface area contributed by atoms with Gasteiger partial charge in [0.05, 0.1) is 24.2 Å². The van der Waals surface area contributed by atoms with Crippen molar-refractivity contribution in [3.63, 3.8) is 0 Å². The molecule has 13 atom stereocenters. The molecule has 8 rings (SSSR count). The van der Waals surface area contributed by atoms with Crippen molar-refractivity contribution < 1.29 is 67.5 Å². The number of aliphatic carboxylic acids is 1. The molecule has 81 heavy (non-hydrogen) atoms. The second-order valence-electron chi connectivity index (χ2n) is 25.2. The molecule has 2 aromatic carbocycles. The van der Waals surface area contributed by atoms with E-state index in [0.29, 0.717) is 40.4 Å². The predicted molar refractivity (Wildman–Crippen MR) is 323 cm³/mol. The van der Waals surface area contributed by atoms with Crippen LogP contribution in [0.3, 0.4) is 0 Å². The van der Waals surface area contributed by atoms with Crippen LogP contribution in [0.5, 0.6) is 0 Å². The summed E-state index contributed by atoms with van der Waals surface area (Å²) in [5, 5.41) is 38.6. The molecule has 3 aliphatic heterocycles. The van der Waals surface area contributed by atoms with Gasteiger partial charge < -0.3 is 44.0 Å². The topological polar surface area (TPSA) is 221 Å². The molecule has 6 aliphatic rings. The van der Waals surface area contributed by atoms with E-state index < -0.39 is 114 Å². The normalized spacial score (nSPS) is 31.3. The zero-order valence-corrected chi connectivity index (χ0v) is 53.4. The third kappa shape index (κ3) is 14.2. The first kappa shape index (κ1) is 65.2. The van der Waals surface area contributed by atoms with E-state index in [4.69, 9.17) is 28.5 Å². The molecule has 2 aromatic rings. The summed E-state index contributed by atoms with van der Waals surface area (Å²) >= 11 is 0. The van der Waals surface area contributed by atoms with Gasteiger partial charge in [-0.25, -0.2) is 4.79 Å². The molecule has 0 aromatic heterocycles. The molecule has 2 saturated carbocycles. The standard InChI is InChI=1S/C53H73NO12S2Si.C8H14O2S2/c1-31-37(63-48(60)43(64-40(57)25-19-18-24-36-26-27-67-68-36)42(34-20-14-12-15-21-34)54-47(59)35-22-16-13-17-23-35)29-53(61)46(66-69(10,11)49(4,5)6)44-51(9,45(58)32(2)41(31)50(53,7)8)38(56)28-39-52(44,30-62-39)65-33(3)55;9-8(10)4-2-1-3-7-5-6-11-12-7/h12-17,20-23,32,36-39,42-44,46,56,61H,18-19,24-30H2,1-11H3,(H,54,59);7H,1-6H2,(H,9,10)/t32-,36?,37+,38+,39?,42+,43-,44+,46+,51-,52+,53-;/m1./s1. The number of Topliss-reactive ketones (excluding diaryl/α,β-unsaturated/α-hetero) is 1. The fraction of sp³-hybridized carbons (Fsp3) is 0.672. The maximum absolute atomic E-state index is 15.6. The number of carbonyl (C=O) groups excluding carboxylic acids is 5. The lowest BCUT2D eigenvalue weighted by Crippen LogP contribution is -2.81. The van der Waals surface area contributed by atoms with Gasteiger partial charge in [-0.3, -0.25) is 24.0 Å². The lowest BCUT2D eigenvalue weighted by molar-refractivity contribution is -0.344. The quantitative estimate of drug-likeness (QED) is 0.0242. The molecule has 3 aliphatic carbocycles. The van der Waals surface area contributed by atoms with Crippen LogP contribution >= 0.6 is 43.2 Å². The van der Waals surface area contributed by atoms with Crippen LogP contribution in [0.2, 0.25) is 18.1 Å². The van der Waals surface area contributed by atoms with Gasteiger partial charge in [-0.05, 0) is 99.3 Å². The zero-order valence-electron chi connectivity index (χ0n) is 49.1. The molecule has 0 spiro atoms. The molecule has 2 bridgehead atoms. The van der Waals surface area contributed by atoms with Crippen LogP contribution in [0, 0.1) is 22.7 Å². The summed E-state index contributed by atoms with van der Waals surface area (Å²) in [6.07, 6.45) is 1.80. The number of benzene rings is 2. The molecular formula is C61H87NO14S4Si. The van der Waals surface area contributed by atoms with Crippen LogP contribution in [0.15, 0.2) is 71.8 Å². The number of aliphatic hydroxyl groups is 2. The molecule has 448 valence electrons. The van der Waals surface area contributed by atoms with Crippen LogP contribution in [-0.4, -0.2) is 130 Å². The molecule has 0 radical (unpaired) electrons. The van der Waals surface area contributed by atoms with Gasteiger partial charge in [0.1, 0.15) is 29.6 Å². The highest BCUT2D eigenvalue weighted by Gasteiger charge is 2.77. The van der Waals surface area contributed by atoms with Crippen molar-refractivity contribution in [2.45, 2.75) is 216 Å². The highest BCUT2D eigenvalue weighted by molar-refractivity contribution is 8.77. The van der Waals surface area contributed by atoms with E-state index in [9.17, 15) is 29.4 Å². The van der Waals surface area contributed by atoms with Gasteiger partial charge in [0.25, 0.3) is 5.91 Å². The molecule has 1 amide bonds. The van der Waals surface area contributed by atoms with E-state index >= 15 is 9.59 Å². The predicted octanol–water partition coefficient (Wildman–Crippen LogP) is 11.7. The smallest absolute Gasteiger partial charge is 0.350 e. The van der Waals surface area contributed by atoms with E-state index in [1.807, 2.05) is 70.1 Å². The highest BCUT2D eigenvalue weighted by atomic mass is 33.1. The third-order valence-electron chi connectivity index (χ3n) is 18.5. The molecule has 5 fully saturated rings. The van der Waals surface area contributed by atoms with Crippen LogP contribution in [0.25, 0.3) is 0 Å². The summed E-state index contributed by atoms with van der Waals surface area (Å²) in [5.41, 5.74) is -4.40. The van der Waals surface area contributed by atoms with Crippen LogP contribution < -0.4 is 5.32 Å². The third-order valence-corrected chi connectivity index (χ3v) is 29.0. The number of rotatable bonds is 20. The van der Waals surface area contributed by atoms with Gasteiger partial charge in [0.15, 0.2) is 13.9 Å². The summed E-state index contributed by atoms with van der Waals surface area (Å²) in [6.45, 7) is 20.4. The van der Waals surface area contributed by atoms with Gasteiger partial charge in [-0.1, -0.05) is 146 Å². The summed E-state index contributed by atoms with van der Waals surface area (Å²) < 4.78 is 32.6. The van der Waals surface area contributed by atoms with E-state index in [-0.39, 0.29) is 31.7 Å². The fourth-order valence-corrected chi connectivity index (χ4v) is 20.3. The average molecular weight is 1210 g/mol. The summed E-state index contributed by atoms with van der Waals surface area (Å²) in [6, 6.07) is 16.1. The number of ether oxygens (including phenoxy) is 4. The number of nitrogens with one attached hydrogen (secondary N) is 1. The number of hydrogen-bond donors (Lipinski definition) is 4. The van der Waals surface area contributed by atoms with Gasteiger partial charge >= 0.3 is 23.9 Å². The first-order chi connectivity index (χ1) is 38.1. The Labute approximate surface area is 496 Å². The number of carbonyl (C=O) groups is 6. The molecule has 3 heterocycles. The van der Waals surface area contributed by atoms with Gasteiger partial charge in [0.2, 0.25) is 6.10 Å². The van der Waals surface area contributed by atoms with E-state index in [1.165, 1.54) is 25.5 Å². The van der Waals surface area contributed by atoms with Gasteiger partial charge in [0, 0.05) is 77.4 Å². The van der Waals surface area contributed by atoms with Crippen molar-refractivity contribution in [3.05, 3.63) is 82.9 Å². The van der Waals surface area contributed by atoms with Crippen molar-refractivity contribution in [2.24, 2.45) is 22.7 Å². The second-order valence-corrected chi connectivity index (χ2v) is 35.5. The fourth-order valence-electron chi connectivity index (χ4n) is 12.9. The lowest BCUT2D eigenvalue weighted by Gasteiger charge is -2.69. The number of aliphatic hydroxyl groups excluding tert-OH is 1. The number of carboxylic acid groups (broad SMARTS) is 1. The maximum Gasteiger partial charge on any atom is 0.350 e. The molecule has 20 heteroatoms. The Hall–Kier alpha value is -3.34. The Morgan fingerprint density at radius 1 is 0.877 bits per heavy atom. The number of fused-ring (bicyclic) bond motifs is 5. The number of amides is 1. The molecule has 3 unspecified atom stereocenters. The number of carboxylic acids is 1. The molecular weight excluding hydrogens is 1130 g/mol.